The molecule has 0 amide bonds. The van der Waals surface area contributed by atoms with Gasteiger partial charge in [0.25, 0.3) is 0 Å². The van der Waals surface area contributed by atoms with Gasteiger partial charge in [-0.1, -0.05) is 0 Å². The molecule has 0 N–H and O–H groups in total. The number of methoxy groups -OCH3 is 1. The summed E-state index contributed by atoms with van der Waals surface area (Å²) >= 11 is 0.260. The minimum atomic E-state index is 0.260. The predicted octanol–water partition coefficient (Wildman–Crippen LogP) is 5.61. The summed E-state index contributed by atoms with van der Waals surface area (Å²) in [6.07, 6.45) is 0. The Labute approximate surface area is 206 Å². The van der Waals surface area contributed by atoms with E-state index in [1.807, 2.05) is 35.0 Å². The Morgan fingerprint density at radius 1 is 0.794 bits per heavy atom. The van der Waals surface area contributed by atoms with Crippen LogP contribution in [0.4, 0.5) is 0 Å². The summed E-state index contributed by atoms with van der Waals surface area (Å²) in [5.74, 6) is 0.830. The van der Waals surface area contributed by atoms with Crippen LogP contribution in [-0.4, -0.2) is 37.1 Å². The van der Waals surface area contributed by atoms with E-state index in [4.69, 9.17) is 4.74 Å². The molecule has 1 aromatic heterocycles. The Hall–Kier alpha value is -3.66. The van der Waals surface area contributed by atoms with Gasteiger partial charge in [0.2, 0.25) is 0 Å². The molecule has 5 rings (SSSR count). The van der Waals surface area contributed by atoms with E-state index >= 15 is 0 Å². The van der Waals surface area contributed by atoms with Crippen LogP contribution in [0.25, 0.3) is 22.3 Å². The average Bonchev–Trinajstić information content (AvgIpc) is 3.32. The van der Waals surface area contributed by atoms with Gasteiger partial charge in [-0.15, -0.1) is 0 Å². The van der Waals surface area contributed by atoms with Gasteiger partial charge in [-0.2, -0.15) is 0 Å². The summed E-state index contributed by atoms with van der Waals surface area (Å²) < 4.78 is 8.79. The monoisotopic (exact) mass is 511 g/mol. The molecule has 0 fully saturated rings. The summed E-state index contributed by atoms with van der Waals surface area (Å²) in [5.41, 5.74) is 7.71. The molecule has 0 unspecified atom stereocenters. The van der Waals surface area contributed by atoms with Crippen molar-refractivity contribution in [2.75, 3.05) is 7.11 Å². The molecule has 0 aliphatic carbocycles. The van der Waals surface area contributed by atoms with E-state index in [0.717, 1.165) is 33.4 Å². The van der Waals surface area contributed by atoms with Crippen LogP contribution in [0.1, 0.15) is 16.7 Å². The van der Waals surface area contributed by atoms with E-state index in [2.05, 4.69) is 90.0 Å². The zero-order chi connectivity index (χ0) is 23.3. The van der Waals surface area contributed by atoms with Crippen molar-refractivity contribution < 1.29 is 4.74 Å². The van der Waals surface area contributed by atoms with E-state index in [9.17, 15) is 0 Å². The molecule has 0 saturated heterocycles. The van der Waals surface area contributed by atoms with Crippen LogP contribution in [-0.2, 0) is 0 Å². The average molecular weight is 510 g/mol. The number of hydrogen-bond donors (Lipinski definition) is 0. The topological polar surface area (TPSA) is 39.9 Å². The number of hydrogen-bond acceptors (Lipinski definition) is 3. The van der Waals surface area contributed by atoms with Crippen molar-refractivity contribution in [2.45, 2.75) is 12.2 Å². The fraction of sp³-hybridized carbons (Fsp3) is 0.103. The van der Waals surface area contributed by atoms with E-state index in [1.165, 1.54) is 21.2 Å². The van der Waals surface area contributed by atoms with Crippen LogP contribution < -0.4 is 9.20 Å². The molecular formula is C29H25N3OSe. The Kier molecular flexibility index (Phi) is 6.57. The Bertz CT molecular complexity index is 1420. The quantitative estimate of drug-likeness (QED) is 0.211. The van der Waals surface area contributed by atoms with Crippen molar-refractivity contribution in [3.05, 3.63) is 120 Å². The van der Waals surface area contributed by atoms with Gasteiger partial charge in [-0.3, -0.25) is 0 Å². The molecule has 168 valence electrons. The predicted molar refractivity (Wildman–Crippen MR) is 141 cm³/mol. The van der Waals surface area contributed by atoms with Crippen LogP contribution in [0.2, 0.25) is 5.32 Å². The fourth-order valence-electron chi connectivity index (χ4n) is 3.92. The molecule has 0 aliphatic rings. The summed E-state index contributed by atoms with van der Waals surface area (Å²) in [5, 5.41) is 10.0. The van der Waals surface area contributed by atoms with Crippen molar-refractivity contribution in [2.24, 2.45) is 0 Å². The maximum absolute atomic E-state index is 5.43. The molecule has 0 saturated carbocycles. The standard InChI is InChI=1S/C29H25N3OSe/c1-21-12-14-22(15-13-21)26(20-34-25-8-4-3-5-9-25)29(23-16-18-24(33-2)19-17-23)32-28-11-7-6-10-27(28)30-31-32/h3-19H,20H2,1-2H3/b29-26-. The molecule has 0 bridgehead atoms. The Morgan fingerprint density at radius 3 is 2.21 bits per heavy atom. The van der Waals surface area contributed by atoms with Crippen molar-refractivity contribution in [3.63, 3.8) is 0 Å². The van der Waals surface area contributed by atoms with Crippen LogP contribution in [0.15, 0.2) is 103 Å². The molecule has 0 atom stereocenters. The second-order valence-electron chi connectivity index (χ2n) is 8.01. The first kappa shape index (κ1) is 22.1. The molecular weight excluding hydrogens is 485 g/mol. The van der Waals surface area contributed by atoms with Crippen LogP contribution in [0.5, 0.6) is 5.75 Å². The number of fused-ring (bicyclic) bond motifs is 1. The molecule has 4 nitrogen and oxygen atoms in total. The summed E-state index contributed by atoms with van der Waals surface area (Å²) in [7, 11) is 1.69. The number of benzene rings is 4. The van der Waals surface area contributed by atoms with Gasteiger partial charge in [-0.05, 0) is 0 Å². The first-order valence-electron chi connectivity index (χ1n) is 11.2. The van der Waals surface area contributed by atoms with Crippen molar-refractivity contribution in [3.8, 4) is 5.75 Å². The van der Waals surface area contributed by atoms with E-state index < -0.39 is 0 Å². The van der Waals surface area contributed by atoms with Crippen LogP contribution in [0, 0.1) is 6.92 Å². The van der Waals surface area contributed by atoms with Crippen molar-refractivity contribution >= 4 is 41.7 Å². The first-order chi connectivity index (χ1) is 16.7. The third-order valence-electron chi connectivity index (χ3n) is 5.74. The molecule has 5 aromatic rings. The second kappa shape index (κ2) is 10.1. The van der Waals surface area contributed by atoms with Crippen molar-refractivity contribution in [1.82, 2.24) is 15.0 Å². The Balaban J connectivity index is 1.74. The first-order valence-corrected chi connectivity index (χ1v) is 13.2. The van der Waals surface area contributed by atoms with Gasteiger partial charge in [-0.25, -0.2) is 0 Å². The third kappa shape index (κ3) is 4.67. The molecule has 0 aliphatic heterocycles. The minimum absolute atomic E-state index is 0.260. The van der Waals surface area contributed by atoms with Gasteiger partial charge in [0.1, 0.15) is 0 Å². The summed E-state index contributed by atoms with van der Waals surface area (Å²) in [6, 6.07) is 35.8. The van der Waals surface area contributed by atoms with Gasteiger partial charge < -0.3 is 0 Å². The van der Waals surface area contributed by atoms with Crippen LogP contribution in [0.3, 0.4) is 0 Å². The molecule has 5 heteroatoms. The van der Waals surface area contributed by atoms with Crippen LogP contribution >= 0.6 is 0 Å². The number of ether oxygens (including phenoxy) is 1. The number of nitrogens with zero attached hydrogens (tertiary/aromatic N) is 3. The second-order valence-corrected chi connectivity index (χ2v) is 10.2. The number of aryl methyl sites for hydroxylation is 1. The van der Waals surface area contributed by atoms with Gasteiger partial charge in [0, 0.05) is 0 Å². The number of para-hydroxylation sites is 1. The number of aromatic nitrogens is 3. The molecule has 1 heterocycles. The third-order valence-corrected chi connectivity index (χ3v) is 7.92. The normalized spacial score (nSPS) is 11.9. The molecule has 4 aromatic carbocycles. The molecule has 0 radical (unpaired) electrons. The maximum atomic E-state index is 5.43. The molecule has 34 heavy (non-hydrogen) atoms. The summed E-state index contributed by atoms with van der Waals surface area (Å²) in [6.45, 7) is 2.12. The van der Waals surface area contributed by atoms with E-state index in [0.29, 0.717) is 0 Å². The SMILES string of the molecule is COc1ccc(/C(=C(\C[Se]c2ccccc2)c2ccc(C)cc2)n2nnc3ccccc32)cc1. The summed E-state index contributed by atoms with van der Waals surface area (Å²) in [4.78, 5) is 0. The zero-order valence-corrected chi connectivity index (χ0v) is 20.9. The Morgan fingerprint density at radius 2 is 1.47 bits per heavy atom. The molecule has 0 spiro atoms. The number of rotatable bonds is 7. The van der Waals surface area contributed by atoms with Gasteiger partial charge in [0.15, 0.2) is 0 Å². The van der Waals surface area contributed by atoms with Gasteiger partial charge in [0.05, 0.1) is 0 Å². The van der Waals surface area contributed by atoms with E-state index in [-0.39, 0.29) is 15.0 Å². The number of allylic oxidation sites excluding steroid dienone is 1. The van der Waals surface area contributed by atoms with Gasteiger partial charge >= 0.3 is 206 Å². The zero-order valence-electron chi connectivity index (χ0n) is 19.2. The van der Waals surface area contributed by atoms with E-state index in [1.54, 1.807) is 7.11 Å². The fourth-order valence-corrected chi connectivity index (χ4v) is 5.95. The van der Waals surface area contributed by atoms with Crippen molar-refractivity contribution in [1.29, 1.82) is 0 Å².